The summed E-state index contributed by atoms with van der Waals surface area (Å²) in [6.45, 7) is 11.7. The Labute approximate surface area is 149 Å². The van der Waals surface area contributed by atoms with Gasteiger partial charge in [0.25, 0.3) is 0 Å². The predicted octanol–water partition coefficient (Wildman–Crippen LogP) is 3.98. The predicted molar refractivity (Wildman–Crippen MR) is 95.2 cm³/mol. The molecule has 0 aliphatic carbocycles. The van der Waals surface area contributed by atoms with E-state index in [0.29, 0.717) is 19.7 Å². The van der Waals surface area contributed by atoms with Crippen molar-refractivity contribution in [3.63, 3.8) is 0 Å². The van der Waals surface area contributed by atoms with Crippen LogP contribution in [-0.4, -0.2) is 59.9 Å². The van der Waals surface area contributed by atoms with Crippen molar-refractivity contribution in [3.8, 4) is 0 Å². The number of hydrogen-bond acceptors (Lipinski definition) is 4. The number of carbonyl (C=O) groups is 1. The highest BCUT2D eigenvalue weighted by atomic mass is 79.9. The summed E-state index contributed by atoms with van der Waals surface area (Å²) in [5.41, 5.74) is -0.968. The fraction of sp³-hybridized carbons (Fsp3) is 0.941. The van der Waals surface area contributed by atoms with Crippen LogP contribution in [0, 0.1) is 0 Å². The number of likely N-dealkylation sites (tertiary alicyclic amines) is 1. The molecule has 0 radical (unpaired) electrons. The van der Waals surface area contributed by atoms with Gasteiger partial charge in [0.1, 0.15) is 5.60 Å². The highest BCUT2D eigenvalue weighted by molar-refractivity contribution is 9.09. The number of rotatable bonds is 6. The van der Waals surface area contributed by atoms with Crippen LogP contribution in [0.1, 0.15) is 53.9 Å². The number of piperidine rings is 1. The molecule has 1 amide bonds. The Morgan fingerprint density at radius 3 is 2.17 bits per heavy atom. The summed E-state index contributed by atoms with van der Waals surface area (Å²) in [5, 5.41) is 0.756. The van der Waals surface area contributed by atoms with E-state index < -0.39 is 5.60 Å². The lowest BCUT2D eigenvalue weighted by atomic mass is 9.93. The van der Waals surface area contributed by atoms with Crippen LogP contribution in [0.4, 0.5) is 4.79 Å². The third kappa shape index (κ3) is 6.24. The minimum Gasteiger partial charge on any atom is -0.444 e. The van der Waals surface area contributed by atoms with Crippen molar-refractivity contribution in [2.75, 3.05) is 32.1 Å². The second-order valence-corrected chi connectivity index (χ2v) is 8.14. The Morgan fingerprint density at radius 2 is 1.78 bits per heavy atom. The summed E-state index contributed by atoms with van der Waals surface area (Å²) < 4.78 is 17.2. The number of ether oxygens (including phenoxy) is 3. The molecule has 0 aromatic carbocycles. The minimum atomic E-state index is -0.459. The second kappa shape index (κ2) is 8.17. The van der Waals surface area contributed by atoms with Crippen molar-refractivity contribution in [1.29, 1.82) is 0 Å². The molecule has 1 fully saturated rings. The first-order valence-corrected chi connectivity index (χ1v) is 9.44. The van der Waals surface area contributed by atoms with E-state index in [2.05, 4.69) is 29.8 Å². The fourth-order valence-electron chi connectivity index (χ4n) is 2.35. The van der Waals surface area contributed by atoms with Crippen molar-refractivity contribution in [3.05, 3.63) is 0 Å². The molecular formula is C17H32BrNO4. The zero-order chi connectivity index (χ0) is 17.7. The first kappa shape index (κ1) is 20.7. The second-order valence-electron chi connectivity index (χ2n) is 7.58. The van der Waals surface area contributed by atoms with Crippen LogP contribution in [0.15, 0.2) is 0 Å². The molecule has 0 N–H and O–H groups in total. The van der Waals surface area contributed by atoms with E-state index in [9.17, 15) is 4.79 Å². The zero-order valence-electron chi connectivity index (χ0n) is 15.4. The van der Waals surface area contributed by atoms with Gasteiger partial charge in [0.05, 0.1) is 17.8 Å². The summed E-state index contributed by atoms with van der Waals surface area (Å²) >= 11 is 3.58. The Morgan fingerprint density at radius 1 is 1.22 bits per heavy atom. The maximum atomic E-state index is 12.2. The van der Waals surface area contributed by atoms with E-state index in [4.69, 9.17) is 14.2 Å². The molecule has 0 aromatic heterocycles. The SMILES string of the molecule is CCC(C)(COC1(CBr)CCN(C(=O)OC(C)(C)C)CC1)OC. The molecule has 1 rings (SSSR count). The van der Waals surface area contributed by atoms with Gasteiger partial charge >= 0.3 is 6.09 Å². The van der Waals surface area contributed by atoms with Crippen molar-refractivity contribution < 1.29 is 19.0 Å². The van der Waals surface area contributed by atoms with Crippen molar-refractivity contribution in [2.45, 2.75) is 70.7 Å². The van der Waals surface area contributed by atoms with Crippen LogP contribution in [0.5, 0.6) is 0 Å². The number of hydrogen-bond donors (Lipinski definition) is 0. The summed E-state index contributed by atoms with van der Waals surface area (Å²) in [5.74, 6) is 0. The van der Waals surface area contributed by atoms with Gasteiger partial charge in [-0.1, -0.05) is 22.9 Å². The van der Waals surface area contributed by atoms with Gasteiger partial charge in [-0.2, -0.15) is 0 Å². The summed E-state index contributed by atoms with van der Waals surface area (Å²) in [4.78, 5) is 13.9. The summed E-state index contributed by atoms with van der Waals surface area (Å²) in [6, 6.07) is 0. The molecule has 0 saturated carbocycles. The maximum absolute atomic E-state index is 12.2. The van der Waals surface area contributed by atoms with Crippen LogP contribution in [0.25, 0.3) is 0 Å². The molecule has 1 aliphatic heterocycles. The highest BCUT2D eigenvalue weighted by Gasteiger charge is 2.39. The van der Waals surface area contributed by atoms with Crippen molar-refractivity contribution in [2.24, 2.45) is 0 Å². The largest absolute Gasteiger partial charge is 0.444 e. The van der Waals surface area contributed by atoms with E-state index in [1.807, 2.05) is 20.8 Å². The molecule has 0 spiro atoms. The molecule has 1 heterocycles. The van der Waals surface area contributed by atoms with Crippen LogP contribution < -0.4 is 0 Å². The highest BCUT2D eigenvalue weighted by Crippen LogP contribution is 2.31. The Bertz CT molecular complexity index is 383. The van der Waals surface area contributed by atoms with Gasteiger partial charge in [0, 0.05) is 25.5 Å². The van der Waals surface area contributed by atoms with Crippen molar-refractivity contribution in [1.82, 2.24) is 4.90 Å². The Balaban J connectivity index is 2.58. The van der Waals surface area contributed by atoms with Gasteiger partial charge in [-0.25, -0.2) is 4.79 Å². The number of halogens is 1. The van der Waals surface area contributed by atoms with E-state index in [1.165, 1.54) is 0 Å². The van der Waals surface area contributed by atoms with Gasteiger partial charge in [0.15, 0.2) is 0 Å². The standard InChI is InChI=1S/C17H32BrNO4/c1-7-16(5,21-6)13-22-17(12-18)8-10-19(11-9-17)14(20)23-15(2,3)4/h7-13H2,1-6H3. The van der Waals surface area contributed by atoms with E-state index in [1.54, 1.807) is 12.0 Å². The first-order chi connectivity index (χ1) is 10.6. The molecule has 1 saturated heterocycles. The van der Waals surface area contributed by atoms with Gasteiger partial charge in [-0.3, -0.25) is 0 Å². The number of alkyl halides is 1. The first-order valence-electron chi connectivity index (χ1n) is 8.32. The maximum Gasteiger partial charge on any atom is 0.410 e. The van der Waals surface area contributed by atoms with E-state index in [0.717, 1.165) is 24.6 Å². The van der Waals surface area contributed by atoms with E-state index in [-0.39, 0.29) is 17.3 Å². The van der Waals surface area contributed by atoms with Gasteiger partial charge in [0.2, 0.25) is 0 Å². The molecule has 1 atom stereocenters. The molecule has 23 heavy (non-hydrogen) atoms. The van der Waals surface area contributed by atoms with Crippen molar-refractivity contribution >= 4 is 22.0 Å². The number of methoxy groups -OCH3 is 1. The van der Waals surface area contributed by atoms with Gasteiger partial charge in [-0.15, -0.1) is 0 Å². The lowest BCUT2D eigenvalue weighted by Gasteiger charge is -2.42. The summed E-state index contributed by atoms with van der Waals surface area (Å²) in [7, 11) is 1.72. The monoisotopic (exact) mass is 393 g/mol. The number of nitrogens with zero attached hydrogens (tertiary/aromatic N) is 1. The lowest BCUT2D eigenvalue weighted by Crippen LogP contribution is -2.51. The minimum absolute atomic E-state index is 0.240. The third-order valence-electron chi connectivity index (χ3n) is 4.49. The molecule has 136 valence electrons. The van der Waals surface area contributed by atoms with E-state index >= 15 is 0 Å². The molecule has 1 unspecified atom stereocenters. The molecular weight excluding hydrogens is 362 g/mol. The summed E-state index contributed by atoms with van der Waals surface area (Å²) in [6.07, 6.45) is 2.24. The molecule has 5 nitrogen and oxygen atoms in total. The van der Waals surface area contributed by atoms with Crippen LogP contribution in [0.2, 0.25) is 0 Å². The number of carbonyl (C=O) groups excluding carboxylic acids is 1. The average molecular weight is 394 g/mol. The Kier molecular flexibility index (Phi) is 7.36. The zero-order valence-corrected chi connectivity index (χ0v) is 17.0. The van der Waals surface area contributed by atoms with Gasteiger partial charge < -0.3 is 19.1 Å². The normalized spacial score (nSPS) is 20.9. The fourth-order valence-corrected chi connectivity index (χ4v) is 3.07. The third-order valence-corrected chi connectivity index (χ3v) is 5.52. The van der Waals surface area contributed by atoms with Crippen LogP contribution in [0.3, 0.4) is 0 Å². The average Bonchev–Trinajstić information content (AvgIpc) is 2.51. The molecule has 0 bridgehead atoms. The number of amides is 1. The van der Waals surface area contributed by atoms with Gasteiger partial charge in [-0.05, 0) is 47.0 Å². The quantitative estimate of drug-likeness (QED) is 0.640. The molecule has 0 aromatic rings. The smallest absolute Gasteiger partial charge is 0.410 e. The van der Waals surface area contributed by atoms with Crippen LogP contribution >= 0.6 is 15.9 Å². The molecule has 1 aliphatic rings. The molecule has 6 heteroatoms. The lowest BCUT2D eigenvalue weighted by molar-refractivity contribution is -0.134. The van der Waals surface area contributed by atoms with Crippen LogP contribution in [-0.2, 0) is 14.2 Å². The topological polar surface area (TPSA) is 48.0 Å². The Hall–Kier alpha value is -0.330.